The Bertz CT molecular complexity index is 1320. The molecule has 0 saturated carbocycles. The highest BCUT2D eigenvalue weighted by atomic mass is 16.5. The van der Waals surface area contributed by atoms with Crippen molar-refractivity contribution < 1.29 is 4.74 Å². The first-order valence-electron chi connectivity index (χ1n) is 12.8. The lowest BCUT2D eigenvalue weighted by atomic mass is 9.95. The van der Waals surface area contributed by atoms with Crippen molar-refractivity contribution in [1.29, 1.82) is 0 Å². The van der Waals surface area contributed by atoms with Crippen LogP contribution in [0.2, 0.25) is 0 Å². The van der Waals surface area contributed by atoms with Crippen molar-refractivity contribution in [1.82, 2.24) is 24.9 Å². The largest absolute Gasteiger partial charge is 0.493 e. The molecule has 5 rings (SSSR count). The maximum atomic E-state index is 6.30. The van der Waals surface area contributed by atoms with Gasteiger partial charge in [-0.15, -0.1) is 5.10 Å². The molecule has 0 amide bonds. The summed E-state index contributed by atoms with van der Waals surface area (Å²) in [7, 11) is 3.93. The third kappa shape index (κ3) is 4.80. The molecule has 188 valence electrons. The molecule has 7 heteroatoms. The molecule has 2 aromatic carbocycles. The van der Waals surface area contributed by atoms with Gasteiger partial charge in [-0.2, -0.15) is 10.2 Å². The van der Waals surface area contributed by atoms with Crippen LogP contribution in [-0.4, -0.2) is 58.7 Å². The lowest BCUT2D eigenvalue weighted by Crippen LogP contribution is -2.37. The second kappa shape index (κ2) is 10.3. The molecule has 36 heavy (non-hydrogen) atoms. The minimum absolute atomic E-state index is 0.458. The van der Waals surface area contributed by atoms with Crippen molar-refractivity contribution >= 4 is 16.7 Å². The fraction of sp³-hybridized carbons (Fsp3) is 0.414. The van der Waals surface area contributed by atoms with E-state index in [-0.39, 0.29) is 0 Å². The summed E-state index contributed by atoms with van der Waals surface area (Å²) in [5.41, 5.74) is 5.19. The van der Waals surface area contributed by atoms with E-state index < -0.39 is 0 Å². The molecule has 7 nitrogen and oxygen atoms in total. The highest BCUT2D eigenvalue weighted by molar-refractivity contribution is 5.92. The molecule has 1 atom stereocenters. The molecule has 1 aliphatic rings. The topological polar surface area (TPSA) is 59.3 Å². The van der Waals surface area contributed by atoms with E-state index in [9.17, 15) is 0 Å². The van der Waals surface area contributed by atoms with Crippen LogP contribution in [0.4, 0.5) is 5.82 Å². The molecule has 0 N–H and O–H groups in total. The summed E-state index contributed by atoms with van der Waals surface area (Å²) in [6.45, 7) is 9.35. The van der Waals surface area contributed by atoms with Gasteiger partial charge in [-0.05, 0) is 70.3 Å². The fourth-order valence-electron chi connectivity index (χ4n) is 5.23. The summed E-state index contributed by atoms with van der Waals surface area (Å²) in [4.78, 5) is 4.54. The van der Waals surface area contributed by atoms with Crippen molar-refractivity contribution in [2.24, 2.45) is 5.92 Å². The Morgan fingerprint density at radius 1 is 1.00 bits per heavy atom. The van der Waals surface area contributed by atoms with E-state index in [1.165, 1.54) is 5.56 Å². The van der Waals surface area contributed by atoms with Crippen molar-refractivity contribution in [3.05, 3.63) is 71.5 Å². The Labute approximate surface area is 213 Å². The van der Waals surface area contributed by atoms with Crippen LogP contribution in [-0.2, 0) is 0 Å². The molecule has 1 unspecified atom stereocenters. The lowest BCUT2D eigenvalue weighted by molar-refractivity contribution is 0.113. The van der Waals surface area contributed by atoms with Gasteiger partial charge in [0.05, 0.1) is 29.1 Å². The number of ether oxygens (including phenoxy) is 1. The van der Waals surface area contributed by atoms with E-state index in [0.29, 0.717) is 12.0 Å². The van der Waals surface area contributed by atoms with Crippen LogP contribution < -0.4 is 9.64 Å². The maximum Gasteiger partial charge on any atom is 0.179 e. The summed E-state index contributed by atoms with van der Waals surface area (Å²) in [6.07, 6.45) is 2.32. The molecule has 1 saturated heterocycles. The standard InChI is InChI=1S/C29H36N6O/c1-20-27-22(3)35(32-28(27)29(31-30-20)33(4)5)25-12-9-13-26(18-25)36-19-23-14-16-34(17-15-23)21(2)24-10-7-6-8-11-24/h6-13,18,21,23H,14-17,19H2,1-5H3. The molecule has 3 heterocycles. The van der Waals surface area contributed by atoms with Crippen molar-refractivity contribution in [3.63, 3.8) is 0 Å². The first-order valence-corrected chi connectivity index (χ1v) is 12.8. The number of hydrogen-bond donors (Lipinski definition) is 0. The predicted octanol–water partition coefficient (Wildman–Crippen LogP) is 5.35. The van der Waals surface area contributed by atoms with Crippen LogP contribution in [0.5, 0.6) is 5.75 Å². The minimum atomic E-state index is 0.458. The molecular weight excluding hydrogens is 448 g/mol. The van der Waals surface area contributed by atoms with Gasteiger partial charge in [0.25, 0.3) is 0 Å². The number of fused-ring (bicyclic) bond motifs is 1. The summed E-state index contributed by atoms with van der Waals surface area (Å²) < 4.78 is 8.27. The molecule has 0 spiro atoms. The first kappa shape index (κ1) is 24.3. The molecule has 1 fully saturated rings. The third-order valence-electron chi connectivity index (χ3n) is 7.43. The second-order valence-electron chi connectivity index (χ2n) is 10.1. The van der Waals surface area contributed by atoms with Gasteiger partial charge in [0, 0.05) is 26.2 Å². The van der Waals surface area contributed by atoms with E-state index in [0.717, 1.165) is 72.1 Å². The number of aryl methyl sites for hydroxylation is 2. The number of aromatic nitrogens is 4. The molecular formula is C29H36N6O. The number of rotatable bonds is 7. The van der Waals surface area contributed by atoms with E-state index in [4.69, 9.17) is 9.84 Å². The van der Waals surface area contributed by atoms with Crippen LogP contribution in [0, 0.1) is 19.8 Å². The van der Waals surface area contributed by atoms with Gasteiger partial charge >= 0.3 is 0 Å². The summed E-state index contributed by atoms with van der Waals surface area (Å²) in [6, 6.07) is 19.5. The number of hydrogen-bond acceptors (Lipinski definition) is 6. The van der Waals surface area contributed by atoms with Crippen molar-refractivity contribution in [2.75, 3.05) is 38.7 Å². The van der Waals surface area contributed by atoms with Gasteiger partial charge in [-0.25, -0.2) is 4.68 Å². The van der Waals surface area contributed by atoms with Gasteiger partial charge in [-0.1, -0.05) is 36.4 Å². The van der Waals surface area contributed by atoms with Crippen molar-refractivity contribution in [3.8, 4) is 11.4 Å². The number of likely N-dealkylation sites (tertiary alicyclic amines) is 1. The summed E-state index contributed by atoms with van der Waals surface area (Å²) >= 11 is 0. The van der Waals surface area contributed by atoms with E-state index >= 15 is 0 Å². The quantitative estimate of drug-likeness (QED) is 0.352. The monoisotopic (exact) mass is 484 g/mol. The highest BCUT2D eigenvalue weighted by Crippen LogP contribution is 2.30. The fourth-order valence-corrected chi connectivity index (χ4v) is 5.23. The SMILES string of the molecule is Cc1nnc(N(C)C)c2nn(-c3cccc(OCC4CCN(C(C)c5ccccc5)CC4)c3)c(C)c12. The average Bonchev–Trinajstić information content (AvgIpc) is 3.26. The lowest BCUT2D eigenvalue weighted by Gasteiger charge is -2.36. The highest BCUT2D eigenvalue weighted by Gasteiger charge is 2.24. The molecule has 0 bridgehead atoms. The molecule has 0 radical (unpaired) electrons. The average molecular weight is 485 g/mol. The van der Waals surface area contributed by atoms with Crippen LogP contribution in [0.3, 0.4) is 0 Å². The van der Waals surface area contributed by atoms with Crippen LogP contribution in [0.1, 0.15) is 42.8 Å². The zero-order chi connectivity index (χ0) is 25.2. The summed E-state index contributed by atoms with van der Waals surface area (Å²) in [5, 5.41) is 14.7. The Hall–Kier alpha value is -3.45. The van der Waals surface area contributed by atoms with Crippen LogP contribution in [0.25, 0.3) is 16.6 Å². The zero-order valence-electron chi connectivity index (χ0n) is 22.0. The Balaban J connectivity index is 1.25. The van der Waals surface area contributed by atoms with Crippen LogP contribution >= 0.6 is 0 Å². The minimum Gasteiger partial charge on any atom is -0.493 e. The van der Waals surface area contributed by atoms with E-state index in [1.807, 2.05) is 42.7 Å². The Kier molecular flexibility index (Phi) is 6.92. The molecule has 4 aromatic rings. The molecule has 1 aliphatic heterocycles. The maximum absolute atomic E-state index is 6.30. The number of anilines is 1. The predicted molar refractivity (Wildman–Crippen MR) is 145 cm³/mol. The van der Waals surface area contributed by atoms with Gasteiger partial charge in [0.2, 0.25) is 0 Å². The van der Waals surface area contributed by atoms with Gasteiger partial charge in [-0.3, -0.25) is 4.90 Å². The van der Waals surface area contributed by atoms with E-state index in [2.05, 4.69) is 71.4 Å². The van der Waals surface area contributed by atoms with Crippen LogP contribution in [0.15, 0.2) is 54.6 Å². The Morgan fingerprint density at radius 3 is 2.47 bits per heavy atom. The summed E-state index contributed by atoms with van der Waals surface area (Å²) in [5.74, 6) is 2.23. The Morgan fingerprint density at radius 2 is 1.75 bits per heavy atom. The smallest absolute Gasteiger partial charge is 0.179 e. The van der Waals surface area contributed by atoms with Gasteiger partial charge in [0.1, 0.15) is 11.3 Å². The number of piperidine rings is 1. The molecule has 0 aliphatic carbocycles. The second-order valence-corrected chi connectivity index (χ2v) is 10.1. The third-order valence-corrected chi connectivity index (χ3v) is 7.43. The normalized spacial score (nSPS) is 15.8. The number of nitrogens with zero attached hydrogens (tertiary/aromatic N) is 6. The van der Waals surface area contributed by atoms with E-state index in [1.54, 1.807) is 0 Å². The number of benzene rings is 2. The van der Waals surface area contributed by atoms with Gasteiger partial charge in [0.15, 0.2) is 5.82 Å². The zero-order valence-corrected chi connectivity index (χ0v) is 22.0. The van der Waals surface area contributed by atoms with Crippen molar-refractivity contribution in [2.45, 2.75) is 39.7 Å². The van der Waals surface area contributed by atoms with Gasteiger partial charge < -0.3 is 9.64 Å². The first-order chi connectivity index (χ1) is 17.4. The molecule has 2 aromatic heterocycles.